The van der Waals surface area contributed by atoms with Crippen molar-refractivity contribution in [3.63, 3.8) is 0 Å². The second-order valence-corrected chi connectivity index (χ2v) is 4.37. The second kappa shape index (κ2) is 11.6. The van der Waals surface area contributed by atoms with Gasteiger partial charge in [-0.05, 0) is 10.7 Å². The van der Waals surface area contributed by atoms with Crippen molar-refractivity contribution in [3.8, 4) is 0 Å². The van der Waals surface area contributed by atoms with Gasteiger partial charge in [0.15, 0.2) is 0 Å². The molecule has 0 amide bonds. The third-order valence-electron chi connectivity index (χ3n) is 1.11. The number of nitrogens with one attached hydrogen (secondary N) is 1. The van der Waals surface area contributed by atoms with Gasteiger partial charge in [0.05, 0.1) is 0 Å². The molecule has 0 bridgehead atoms. The van der Waals surface area contributed by atoms with Gasteiger partial charge in [0.1, 0.15) is 4.32 Å². The van der Waals surface area contributed by atoms with Crippen LogP contribution in [0.1, 0.15) is 12.8 Å². The molecule has 0 aromatic rings. The Balaban J connectivity index is 0. The molecule has 0 aliphatic rings. The molecule has 1 N–H and O–H groups in total. The van der Waals surface area contributed by atoms with Crippen molar-refractivity contribution in [1.82, 2.24) is 5.32 Å². The van der Waals surface area contributed by atoms with Crippen LogP contribution in [0, 0.1) is 0 Å². The summed E-state index contributed by atoms with van der Waals surface area (Å²) in [5.41, 5.74) is 0. The monoisotopic (exact) mass is 262 g/mol. The smallest absolute Gasteiger partial charge is 0.670 e. The predicted octanol–water partition coefficient (Wildman–Crippen LogP) is -0.837. The topological polar surface area (TPSA) is 26.1 Å². The van der Waals surface area contributed by atoms with Crippen LogP contribution >= 0.6 is 49.7 Å². The van der Waals surface area contributed by atoms with E-state index in [1.54, 1.807) is 0 Å². The molecule has 0 saturated heterocycles. The molecule has 0 spiro atoms. The number of hydrogen-bond acceptors (Lipinski definition) is 2. The maximum atomic E-state index is 4.71. The number of thiocarbonyl (C=S) groups is 2. The van der Waals surface area contributed by atoms with Gasteiger partial charge in [0.25, 0.3) is 0 Å². The summed E-state index contributed by atoms with van der Waals surface area (Å²) in [6.45, 7) is 1.58. The number of thiol groups is 2. The van der Waals surface area contributed by atoms with Gasteiger partial charge in [-0.2, -0.15) is 12.6 Å². The van der Waals surface area contributed by atoms with E-state index in [0.717, 1.165) is 25.9 Å². The molecular formula is C6H11N2NaS4. The Morgan fingerprint density at radius 2 is 1.85 bits per heavy atom. The van der Waals surface area contributed by atoms with Crippen molar-refractivity contribution in [1.29, 1.82) is 0 Å². The minimum atomic E-state index is 0. The summed E-state index contributed by atoms with van der Waals surface area (Å²) < 4.78 is 0.962. The Bertz CT molecular complexity index is 147. The molecule has 0 fully saturated rings. The molecule has 0 unspecified atom stereocenters. The van der Waals surface area contributed by atoms with Crippen LogP contribution in [0.5, 0.6) is 0 Å². The summed E-state index contributed by atoms with van der Waals surface area (Å²) in [7, 11) is 0. The summed E-state index contributed by atoms with van der Waals surface area (Å²) in [5.74, 6) is 0. The predicted molar refractivity (Wildman–Crippen MR) is 68.6 cm³/mol. The first kappa shape index (κ1) is 16.9. The maximum Gasteiger partial charge on any atom is 1.00 e. The molecule has 0 saturated carbocycles. The molecule has 0 aromatic carbocycles. The van der Waals surface area contributed by atoms with Crippen molar-refractivity contribution in [3.05, 3.63) is 5.32 Å². The number of unbranched alkanes of at least 4 members (excludes halogenated alkanes) is 1. The Morgan fingerprint density at radius 1 is 1.23 bits per heavy atom. The number of hydrogen-bond donors (Lipinski definition) is 3. The Morgan fingerprint density at radius 3 is 2.31 bits per heavy atom. The first-order valence-electron chi connectivity index (χ1n) is 3.50. The fourth-order valence-corrected chi connectivity index (χ4v) is 1.01. The summed E-state index contributed by atoms with van der Waals surface area (Å²) in [6, 6.07) is 0. The maximum absolute atomic E-state index is 4.71. The molecule has 13 heavy (non-hydrogen) atoms. The van der Waals surface area contributed by atoms with Crippen LogP contribution in [-0.2, 0) is 0 Å². The van der Waals surface area contributed by atoms with E-state index in [1.165, 1.54) is 0 Å². The van der Waals surface area contributed by atoms with Gasteiger partial charge in [-0.15, -0.1) is 19.2 Å². The minimum absolute atomic E-state index is 0. The van der Waals surface area contributed by atoms with Crippen molar-refractivity contribution in [2.75, 3.05) is 13.1 Å². The summed E-state index contributed by atoms with van der Waals surface area (Å²) >= 11 is 17.2. The fraction of sp³-hybridized carbons (Fsp3) is 0.667. The first-order chi connectivity index (χ1) is 5.63. The zero-order chi connectivity index (χ0) is 9.40. The molecule has 0 aromatic heterocycles. The van der Waals surface area contributed by atoms with Crippen LogP contribution in [0.15, 0.2) is 0 Å². The van der Waals surface area contributed by atoms with Gasteiger partial charge in [0, 0.05) is 6.54 Å². The molecule has 0 aliphatic heterocycles. The largest absolute Gasteiger partial charge is 1.00 e. The van der Waals surface area contributed by atoms with Crippen LogP contribution in [0.2, 0.25) is 0 Å². The van der Waals surface area contributed by atoms with Crippen LogP contribution in [-0.4, -0.2) is 21.7 Å². The van der Waals surface area contributed by atoms with Gasteiger partial charge < -0.3 is 10.6 Å². The van der Waals surface area contributed by atoms with Gasteiger partial charge in [-0.25, -0.2) is 0 Å². The molecule has 0 aliphatic carbocycles. The van der Waals surface area contributed by atoms with Gasteiger partial charge >= 0.3 is 29.6 Å². The van der Waals surface area contributed by atoms with Crippen LogP contribution < -0.4 is 34.9 Å². The van der Waals surface area contributed by atoms with Crippen LogP contribution in [0.4, 0.5) is 0 Å². The van der Waals surface area contributed by atoms with Gasteiger partial charge in [0.2, 0.25) is 0 Å². The summed E-state index contributed by atoms with van der Waals surface area (Å²) in [4.78, 5) is 0. The first-order valence-corrected chi connectivity index (χ1v) is 5.21. The standard InChI is InChI=1S/C6H12N2S4.Na/c9-5(10)7-3-1-2-4-8-6(11)12;/h1-4H2,(H4,7,8,9,10,11,12);/q;+1/p-1. The van der Waals surface area contributed by atoms with Gasteiger partial charge in [-0.3, -0.25) is 0 Å². The molecule has 2 nitrogen and oxygen atoms in total. The van der Waals surface area contributed by atoms with E-state index in [-0.39, 0.29) is 29.6 Å². The Labute approximate surface area is 123 Å². The molecular weight excluding hydrogens is 251 g/mol. The normalized spacial score (nSPS) is 8.46. The quantitative estimate of drug-likeness (QED) is 0.261. The average Bonchev–Trinajstić information content (AvgIpc) is 1.95. The number of nitrogens with zero attached hydrogens (tertiary/aromatic N) is 1. The zero-order valence-corrected chi connectivity index (χ0v) is 12.9. The molecule has 0 rings (SSSR count). The molecule has 0 heterocycles. The Hall–Kier alpha value is 1.48. The van der Waals surface area contributed by atoms with Crippen LogP contribution in [0.25, 0.3) is 5.32 Å². The molecule has 70 valence electrons. The van der Waals surface area contributed by atoms with Crippen molar-refractivity contribution < 1.29 is 29.6 Å². The summed E-state index contributed by atoms with van der Waals surface area (Å²) in [6.07, 6.45) is 2.00. The minimum Gasteiger partial charge on any atom is -0.670 e. The number of rotatable bonds is 5. The van der Waals surface area contributed by atoms with Crippen LogP contribution in [0.3, 0.4) is 0 Å². The van der Waals surface area contributed by atoms with E-state index in [0.29, 0.717) is 8.64 Å². The van der Waals surface area contributed by atoms with E-state index in [4.69, 9.17) is 12.2 Å². The summed E-state index contributed by atoms with van der Waals surface area (Å²) in [5, 5.41) is 6.89. The van der Waals surface area contributed by atoms with Gasteiger partial charge in [-0.1, -0.05) is 30.9 Å². The molecule has 0 radical (unpaired) electrons. The molecule has 0 atom stereocenters. The third kappa shape index (κ3) is 16.2. The average molecular weight is 262 g/mol. The second-order valence-electron chi connectivity index (χ2n) is 2.10. The molecule has 7 heteroatoms. The van der Waals surface area contributed by atoms with E-state index >= 15 is 0 Å². The Kier molecular flexibility index (Phi) is 15.0. The van der Waals surface area contributed by atoms with E-state index in [1.807, 2.05) is 0 Å². The van der Waals surface area contributed by atoms with Crippen molar-refractivity contribution in [2.24, 2.45) is 0 Å². The van der Waals surface area contributed by atoms with E-state index < -0.39 is 0 Å². The van der Waals surface area contributed by atoms with E-state index in [2.05, 4.69) is 48.1 Å². The van der Waals surface area contributed by atoms with E-state index in [9.17, 15) is 0 Å². The SMILES string of the molecule is S=C(S)[N-]CCCCNC(=S)S.[Na+]. The van der Waals surface area contributed by atoms with Crippen molar-refractivity contribution >= 4 is 58.3 Å². The fourth-order valence-electron chi connectivity index (χ4n) is 0.607. The van der Waals surface area contributed by atoms with Crippen molar-refractivity contribution in [2.45, 2.75) is 12.8 Å². The third-order valence-corrected chi connectivity index (χ3v) is 1.68. The zero-order valence-electron chi connectivity index (χ0n) is 7.49.